The lowest BCUT2D eigenvalue weighted by molar-refractivity contribution is 0.413. The Kier molecular flexibility index (Phi) is 6.81. The van der Waals surface area contributed by atoms with Crippen LogP contribution in [0.25, 0.3) is 0 Å². The molecule has 0 saturated carbocycles. The van der Waals surface area contributed by atoms with Gasteiger partial charge in [-0.2, -0.15) is 0 Å². The first-order chi connectivity index (χ1) is 8.72. The van der Waals surface area contributed by atoms with Crippen molar-refractivity contribution in [3.8, 4) is 5.75 Å². The average molecular weight is 249 g/mol. The summed E-state index contributed by atoms with van der Waals surface area (Å²) in [6.07, 6.45) is 4.91. The van der Waals surface area contributed by atoms with Crippen LogP contribution >= 0.6 is 0 Å². The van der Waals surface area contributed by atoms with Crippen molar-refractivity contribution in [1.29, 1.82) is 0 Å². The van der Waals surface area contributed by atoms with Gasteiger partial charge in [0.25, 0.3) is 0 Å². The van der Waals surface area contributed by atoms with E-state index < -0.39 is 0 Å². The van der Waals surface area contributed by atoms with Crippen LogP contribution in [-0.4, -0.2) is 13.7 Å². The van der Waals surface area contributed by atoms with Crippen LogP contribution in [0.4, 0.5) is 0 Å². The molecule has 0 aliphatic rings. The van der Waals surface area contributed by atoms with Gasteiger partial charge in [0.15, 0.2) is 0 Å². The molecule has 18 heavy (non-hydrogen) atoms. The molecule has 102 valence electrons. The summed E-state index contributed by atoms with van der Waals surface area (Å²) in [5.41, 5.74) is 2.73. The molecule has 0 fully saturated rings. The molecular formula is C16H27NO. The molecule has 2 nitrogen and oxygen atoms in total. The first-order valence-electron chi connectivity index (χ1n) is 7.10. The number of methoxy groups -OCH3 is 1. The van der Waals surface area contributed by atoms with Crippen molar-refractivity contribution < 1.29 is 4.74 Å². The lowest BCUT2D eigenvalue weighted by atomic mass is 9.96. The summed E-state index contributed by atoms with van der Waals surface area (Å²) in [4.78, 5) is 0. The van der Waals surface area contributed by atoms with Gasteiger partial charge in [0.05, 0.1) is 7.11 Å². The molecule has 1 rings (SSSR count). The Morgan fingerprint density at radius 1 is 1.22 bits per heavy atom. The Hall–Kier alpha value is -1.02. The number of ether oxygens (including phenoxy) is 1. The standard InChI is InChI=1S/C16H27NO/c1-5-7-8-16(17-11-6-2)15-10-9-14(18-4)12-13(15)3/h9-10,12,16-17H,5-8,11H2,1-4H3. The zero-order valence-electron chi connectivity index (χ0n) is 12.3. The van der Waals surface area contributed by atoms with E-state index in [4.69, 9.17) is 4.74 Å². The third kappa shape index (κ3) is 4.34. The molecule has 1 aromatic carbocycles. The molecule has 1 atom stereocenters. The monoisotopic (exact) mass is 249 g/mol. The predicted octanol–water partition coefficient (Wildman–Crippen LogP) is 4.23. The topological polar surface area (TPSA) is 21.3 Å². The molecule has 0 radical (unpaired) electrons. The van der Waals surface area contributed by atoms with E-state index in [0.717, 1.165) is 12.3 Å². The first-order valence-corrected chi connectivity index (χ1v) is 7.10. The number of aryl methyl sites for hydroxylation is 1. The van der Waals surface area contributed by atoms with E-state index in [1.54, 1.807) is 7.11 Å². The highest BCUT2D eigenvalue weighted by Gasteiger charge is 2.12. The van der Waals surface area contributed by atoms with E-state index in [1.165, 1.54) is 36.8 Å². The number of unbranched alkanes of at least 4 members (excludes halogenated alkanes) is 1. The Bertz CT molecular complexity index is 341. The normalized spacial score (nSPS) is 12.4. The fourth-order valence-corrected chi connectivity index (χ4v) is 2.26. The molecule has 0 saturated heterocycles. The summed E-state index contributed by atoms with van der Waals surface area (Å²) in [7, 11) is 1.72. The van der Waals surface area contributed by atoms with Crippen LogP contribution in [0.2, 0.25) is 0 Å². The van der Waals surface area contributed by atoms with Gasteiger partial charge < -0.3 is 10.1 Å². The predicted molar refractivity (Wildman–Crippen MR) is 78.3 cm³/mol. The van der Waals surface area contributed by atoms with Crippen LogP contribution in [0.1, 0.15) is 56.7 Å². The minimum Gasteiger partial charge on any atom is -0.497 e. The van der Waals surface area contributed by atoms with Crippen molar-refractivity contribution in [3.05, 3.63) is 29.3 Å². The Balaban J connectivity index is 2.82. The molecule has 1 N–H and O–H groups in total. The maximum atomic E-state index is 5.27. The van der Waals surface area contributed by atoms with Crippen molar-refractivity contribution in [2.75, 3.05) is 13.7 Å². The van der Waals surface area contributed by atoms with Crippen LogP contribution in [0, 0.1) is 6.92 Å². The summed E-state index contributed by atoms with van der Waals surface area (Å²) in [6, 6.07) is 6.88. The number of hydrogen-bond donors (Lipinski definition) is 1. The molecule has 0 aliphatic heterocycles. The average Bonchev–Trinajstić information content (AvgIpc) is 2.39. The summed E-state index contributed by atoms with van der Waals surface area (Å²) < 4.78 is 5.27. The molecule has 0 heterocycles. The summed E-state index contributed by atoms with van der Waals surface area (Å²) in [5, 5.41) is 3.66. The highest BCUT2D eigenvalue weighted by molar-refractivity contribution is 5.36. The number of benzene rings is 1. The minimum absolute atomic E-state index is 0.482. The Morgan fingerprint density at radius 2 is 2.00 bits per heavy atom. The van der Waals surface area contributed by atoms with E-state index in [9.17, 15) is 0 Å². The van der Waals surface area contributed by atoms with E-state index in [0.29, 0.717) is 6.04 Å². The Labute approximate surface area is 112 Å². The summed E-state index contributed by atoms with van der Waals surface area (Å²) in [6.45, 7) is 7.72. The second-order valence-corrected chi connectivity index (χ2v) is 4.87. The minimum atomic E-state index is 0.482. The van der Waals surface area contributed by atoms with Crippen molar-refractivity contribution in [1.82, 2.24) is 5.32 Å². The van der Waals surface area contributed by atoms with Gasteiger partial charge in [-0.05, 0) is 49.6 Å². The van der Waals surface area contributed by atoms with Gasteiger partial charge in [-0.25, -0.2) is 0 Å². The highest BCUT2D eigenvalue weighted by atomic mass is 16.5. The molecule has 0 amide bonds. The van der Waals surface area contributed by atoms with Gasteiger partial charge in [-0.15, -0.1) is 0 Å². The molecule has 0 aliphatic carbocycles. The lowest BCUT2D eigenvalue weighted by Crippen LogP contribution is -2.22. The maximum Gasteiger partial charge on any atom is 0.119 e. The second-order valence-electron chi connectivity index (χ2n) is 4.87. The smallest absolute Gasteiger partial charge is 0.119 e. The largest absolute Gasteiger partial charge is 0.497 e. The zero-order chi connectivity index (χ0) is 13.4. The van der Waals surface area contributed by atoms with Crippen LogP contribution in [0.3, 0.4) is 0 Å². The van der Waals surface area contributed by atoms with Crippen molar-refractivity contribution >= 4 is 0 Å². The van der Waals surface area contributed by atoms with Gasteiger partial charge >= 0.3 is 0 Å². The summed E-state index contributed by atoms with van der Waals surface area (Å²) in [5.74, 6) is 0.945. The van der Waals surface area contributed by atoms with Crippen LogP contribution in [0.15, 0.2) is 18.2 Å². The maximum absolute atomic E-state index is 5.27. The van der Waals surface area contributed by atoms with Crippen molar-refractivity contribution in [2.24, 2.45) is 0 Å². The molecule has 0 bridgehead atoms. The second kappa shape index (κ2) is 8.15. The SMILES string of the molecule is CCCCC(NCCC)c1ccc(OC)cc1C. The molecule has 0 aromatic heterocycles. The molecule has 1 aromatic rings. The number of hydrogen-bond acceptors (Lipinski definition) is 2. The van der Waals surface area contributed by atoms with Crippen molar-refractivity contribution in [2.45, 2.75) is 52.5 Å². The fourth-order valence-electron chi connectivity index (χ4n) is 2.26. The van der Waals surface area contributed by atoms with Gasteiger partial charge in [0.1, 0.15) is 5.75 Å². The van der Waals surface area contributed by atoms with E-state index in [2.05, 4.69) is 44.3 Å². The summed E-state index contributed by atoms with van der Waals surface area (Å²) >= 11 is 0. The number of nitrogens with one attached hydrogen (secondary N) is 1. The van der Waals surface area contributed by atoms with Crippen LogP contribution < -0.4 is 10.1 Å². The van der Waals surface area contributed by atoms with E-state index in [-0.39, 0.29) is 0 Å². The van der Waals surface area contributed by atoms with Gasteiger partial charge in [-0.3, -0.25) is 0 Å². The molecular weight excluding hydrogens is 222 g/mol. The van der Waals surface area contributed by atoms with Gasteiger partial charge in [0, 0.05) is 6.04 Å². The quantitative estimate of drug-likeness (QED) is 0.744. The van der Waals surface area contributed by atoms with E-state index >= 15 is 0 Å². The first kappa shape index (κ1) is 15.0. The van der Waals surface area contributed by atoms with Crippen LogP contribution in [0.5, 0.6) is 5.75 Å². The van der Waals surface area contributed by atoms with Crippen LogP contribution in [-0.2, 0) is 0 Å². The third-order valence-electron chi connectivity index (χ3n) is 3.34. The zero-order valence-corrected chi connectivity index (χ0v) is 12.3. The molecule has 2 heteroatoms. The van der Waals surface area contributed by atoms with Crippen molar-refractivity contribution in [3.63, 3.8) is 0 Å². The molecule has 0 spiro atoms. The van der Waals surface area contributed by atoms with Gasteiger partial charge in [-0.1, -0.05) is 32.8 Å². The molecule has 1 unspecified atom stereocenters. The Morgan fingerprint density at radius 3 is 2.56 bits per heavy atom. The van der Waals surface area contributed by atoms with E-state index in [1.807, 2.05) is 0 Å². The number of rotatable bonds is 8. The third-order valence-corrected chi connectivity index (χ3v) is 3.34. The van der Waals surface area contributed by atoms with Gasteiger partial charge in [0.2, 0.25) is 0 Å². The fraction of sp³-hybridized carbons (Fsp3) is 0.625. The lowest BCUT2D eigenvalue weighted by Gasteiger charge is -2.21. The highest BCUT2D eigenvalue weighted by Crippen LogP contribution is 2.26.